The highest BCUT2D eigenvalue weighted by molar-refractivity contribution is 6.00. The number of rotatable bonds is 3. The van der Waals surface area contributed by atoms with Gasteiger partial charge in [-0.15, -0.1) is 12.4 Å². The Morgan fingerprint density at radius 2 is 1.70 bits per heavy atom. The second kappa shape index (κ2) is 7.53. The van der Waals surface area contributed by atoms with Crippen LogP contribution in [0.1, 0.15) is 11.1 Å². The number of aryl methyl sites for hydroxylation is 1. The predicted molar refractivity (Wildman–Crippen MR) is 85.4 cm³/mol. The molecular weight excluding hydrogens is 274 g/mol. The molecule has 0 aliphatic heterocycles. The van der Waals surface area contributed by atoms with E-state index in [1.54, 1.807) is 0 Å². The van der Waals surface area contributed by atoms with Gasteiger partial charge in [-0.3, -0.25) is 0 Å². The van der Waals surface area contributed by atoms with E-state index >= 15 is 0 Å². The summed E-state index contributed by atoms with van der Waals surface area (Å²) in [5, 5.41) is 5.59. The lowest BCUT2D eigenvalue weighted by atomic mass is 10.2. The van der Waals surface area contributed by atoms with E-state index in [9.17, 15) is 4.79 Å². The number of para-hydroxylation sites is 1. The molecule has 5 heteroatoms. The molecule has 2 aromatic rings. The van der Waals surface area contributed by atoms with Crippen LogP contribution in [-0.4, -0.2) is 6.03 Å². The lowest BCUT2D eigenvalue weighted by Crippen LogP contribution is -2.19. The summed E-state index contributed by atoms with van der Waals surface area (Å²) in [5.41, 5.74) is 9.12. The third kappa shape index (κ3) is 4.26. The number of urea groups is 1. The zero-order valence-corrected chi connectivity index (χ0v) is 12.0. The molecule has 0 saturated carbocycles. The van der Waals surface area contributed by atoms with Crippen molar-refractivity contribution in [1.29, 1.82) is 0 Å². The van der Waals surface area contributed by atoms with Gasteiger partial charge in [0.05, 0.1) is 0 Å². The fourth-order valence-corrected chi connectivity index (χ4v) is 1.72. The van der Waals surface area contributed by atoms with Gasteiger partial charge in [-0.25, -0.2) is 4.79 Å². The monoisotopic (exact) mass is 291 g/mol. The SMILES string of the molecule is Cc1ccccc1NC(=O)Nc1ccc(CN)cc1.Cl. The zero-order chi connectivity index (χ0) is 13.7. The molecule has 0 fully saturated rings. The van der Waals surface area contributed by atoms with Crippen LogP contribution in [0.2, 0.25) is 0 Å². The average Bonchev–Trinajstić information content (AvgIpc) is 2.42. The number of benzene rings is 2. The molecule has 0 bridgehead atoms. The number of nitrogens with one attached hydrogen (secondary N) is 2. The molecule has 4 nitrogen and oxygen atoms in total. The highest BCUT2D eigenvalue weighted by atomic mass is 35.5. The summed E-state index contributed by atoms with van der Waals surface area (Å²) in [6.07, 6.45) is 0. The van der Waals surface area contributed by atoms with E-state index in [2.05, 4.69) is 10.6 Å². The van der Waals surface area contributed by atoms with Crippen LogP contribution in [0.15, 0.2) is 48.5 Å². The van der Waals surface area contributed by atoms with E-state index < -0.39 is 0 Å². The highest BCUT2D eigenvalue weighted by Gasteiger charge is 2.04. The van der Waals surface area contributed by atoms with Crippen molar-refractivity contribution in [2.24, 2.45) is 5.73 Å². The Balaban J connectivity index is 0.00000200. The minimum Gasteiger partial charge on any atom is -0.326 e. The molecule has 0 heterocycles. The molecule has 20 heavy (non-hydrogen) atoms. The van der Waals surface area contributed by atoms with E-state index in [0.29, 0.717) is 6.54 Å². The van der Waals surface area contributed by atoms with Crippen LogP contribution in [0, 0.1) is 6.92 Å². The first-order valence-electron chi connectivity index (χ1n) is 6.11. The number of carbonyl (C=O) groups excluding carboxylic acids is 1. The normalized spacial score (nSPS) is 9.50. The topological polar surface area (TPSA) is 67.2 Å². The average molecular weight is 292 g/mol. The van der Waals surface area contributed by atoms with Gasteiger partial charge in [-0.2, -0.15) is 0 Å². The van der Waals surface area contributed by atoms with E-state index in [1.165, 1.54) is 0 Å². The quantitative estimate of drug-likeness (QED) is 0.810. The number of carbonyl (C=O) groups is 1. The first-order chi connectivity index (χ1) is 9.19. The molecule has 4 N–H and O–H groups in total. The summed E-state index contributed by atoms with van der Waals surface area (Å²) in [6.45, 7) is 2.45. The Labute approximate surface area is 124 Å². The van der Waals surface area contributed by atoms with E-state index in [0.717, 1.165) is 22.5 Å². The van der Waals surface area contributed by atoms with Gasteiger partial charge >= 0.3 is 6.03 Å². The Morgan fingerprint density at radius 3 is 2.30 bits per heavy atom. The standard InChI is InChI=1S/C15H17N3O.ClH/c1-11-4-2-3-5-14(11)18-15(19)17-13-8-6-12(10-16)7-9-13;/h2-9H,10,16H2,1H3,(H2,17,18,19);1H. The molecule has 2 amide bonds. The number of nitrogens with two attached hydrogens (primary N) is 1. The summed E-state index contributed by atoms with van der Waals surface area (Å²) in [7, 11) is 0. The molecule has 0 aliphatic rings. The van der Waals surface area contributed by atoms with E-state index in [-0.39, 0.29) is 18.4 Å². The van der Waals surface area contributed by atoms with Crippen LogP contribution in [0.25, 0.3) is 0 Å². The van der Waals surface area contributed by atoms with Crippen LogP contribution >= 0.6 is 12.4 Å². The third-order valence-electron chi connectivity index (χ3n) is 2.84. The van der Waals surface area contributed by atoms with Gasteiger partial charge in [0, 0.05) is 17.9 Å². The van der Waals surface area contributed by atoms with Crippen LogP contribution in [0.4, 0.5) is 16.2 Å². The lowest BCUT2D eigenvalue weighted by molar-refractivity contribution is 0.262. The van der Waals surface area contributed by atoms with Crippen LogP contribution in [0.3, 0.4) is 0 Å². The van der Waals surface area contributed by atoms with Crippen molar-refractivity contribution in [3.63, 3.8) is 0 Å². The summed E-state index contributed by atoms with van der Waals surface area (Å²) in [4.78, 5) is 11.8. The van der Waals surface area contributed by atoms with Gasteiger partial charge in [-0.1, -0.05) is 30.3 Å². The first-order valence-corrected chi connectivity index (χ1v) is 6.11. The fourth-order valence-electron chi connectivity index (χ4n) is 1.72. The molecule has 0 radical (unpaired) electrons. The van der Waals surface area contributed by atoms with Crippen molar-refractivity contribution in [1.82, 2.24) is 0 Å². The summed E-state index contributed by atoms with van der Waals surface area (Å²) >= 11 is 0. The maximum Gasteiger partial charge on any atom is 0.323 e. The Kier molecular flexibility index (Phi) is 6.03. The maximum absolute atomic E-state index is 11.8. The molecule has 106 valence electrons. The molecule has 2 rings (SSSR count). The van der Waals surface area contributed by atoms with Crippen molar-refractivity contribution in [2.45, 2.75) is 13.5 Å². The summed E-state index contributed by atoms with van der Waals surface area (Å²) in [6, 6.07) is 14.8. The van der Waals surface area contributed by atoms with Crippen molar-refractivity contribution in [3.8, 4) is 0 Å². The number of anilines is 2. The Morgan fingerprint density at radius 1 is 1.05 bits per heavy atom. The van der Waals surface area contributed by atoms with E-state index in [1.807, 2.05) is 55.5 Å². The van der Waals surface area contributed by atoms with E-state index in [4.69, 9.17) is 5.73 Å². The minimum atomic E-state index is -0.255. The molecule has 0 atom stereocenters. The fraction of sp³-hybridized carbons (Fsp3) is 0.133. The first kappa shape index (κ1) is 16.0. The van der Waals surface area contributed by atoms with Gasteiger partial charge in [0.15, 0.2) is 0 Å². The van der Waals surface area contributed by atoms with Crippen molar-refractivity contribution < 1.29 is 4.79 Å². The largest absolute Gasteiger partial charge is 0.326 e. The van der Waals surface area contributed by atoms with Gasteiger partial charge in [0.1, 0.15) is 0 Å². The third-order valence-corrected chi connectivity index (χ3v) is 2.84. The van der Waals surface area contributed by atoms with Gasteiger partial charge in [-0.05, 0) is 36.2 Å². The van der Waals surface area contributed by atoms with Crippen molar-refractivity contribution in [2.75, 3.05) is 10.6 Å². The van der Waals surface area contributed by atoms with Gasteiger partial charge in [0.25, 0.3) is 0 Å². The smallest absolute Gasteiger partial charge is 0.323 e. The van der Waals surface area contributed by atoms with Gasteiger partial charge in [0.2, 0.25) is 0 Å². The minimum absolute atomic E-state index is 0. The van der Waals surface area contributed by atoms with Gasteiger partial charge < -0.3 is 16.4 Å². The maximum atomic E-state index is 11.8. The lowest BCUT2D eigenvalue weighted by Gasteiger charge is -2.10. The predicted octanol–water partition coefficient (Wildman–Crippen LogP) is 3.52. The highest BCUT2D eigenvalue weighted by Crippen LogP contribution is 2.14. The van der Waals surface area contributed by atoms with Crippen molar-refractivity contribution in [3.05, 3.63) is 59.7 Å². The number of hydrogen-bond donors (Lipinski definition) is 3. The Bertz CT molecular complexity index is 570. The van der Waals surface area contributed by atoms with Crippen LogP contribution in [0.5, 0.6) is 0 Å². The number of amides is 2. The molecule has 0 aliphatic carbocycles. The molecular formula is C15H18ClN3O. The summed E-state index contributed by atoms with van der Waals surface area (Å²) in [5.74, 6) is 0. The Hall–Kier alpha value is -2.04. The molecule has 2 aromatic carbocycles. The summed E-state index contributed by atoms with van der Waals surface area (Å²) < 4.78 is 0. The second-order valence-corrected chi connectivity index (χ2v) is 4.30. The van der Waals surface area contributed by atoms with Crippen molar-refractivity contribution >= 4 is 29.8 Å². The van der Waals surface area contributed by atoms with Crippen LogP contribution < -0.4 is 16.4 Å². The number of hydrogen-bond acceptors (Lipinski definition) is 2. The number of halogens is 1. The molecule has 0 spiro atoms. The molecule has 0 unspecified atom stereocenters. The van der Waals surface area contributed by atoms with Crippen LogP contribution in [-0.2, 0) is 6.54 Å². The zero-order valence-electron chi connectivity index (χ0n) is 11.2. The molecule has 0 saturated heterocycles. The second-order valence-electron chi connectivity index (χ2n) is 4.30. The molecule has 0 aromatic heterocycles.